The molecule has 2 aromatic heterocycles. The predicted octanol–water partition coefficient (Wildman–Crippen LogP) is 2.39. The number of nitrogens with two attached hydrogens (primary N) is 1. The summed E-state index contributed by atoms with van der Waals surface area (Å²) in [7, 11) is 0. The van der Waals surface area contributed by atoms with Gasteiger partial charge in [-0.1, -0.05) is 27.7 Å². The van der Waals surface area contributed by atoms with Gasteiger partial charge >= 0.3 is 0 Å². The maximum Gasteiger partial charge on any atom is 0.258 e. The van der Waals surface area contributed by atoms with E-state index in [0.717, 1.165) is 0 Å². The van der Waals surface area contributed by atoms with Gasteiger partial charge in [-0.15, -0.1) is 5.10 Å². The van der Waals surface area contributed by atoms with E-state index in [1.807, 2.05) is 6.26 Å². The van der Waals surface area contributed by atoms with Crippen molar-refractivity contribution >= 4 is 39.4 Å². The minimum absolute atomic E-state index is 0.163. The molecule has 3 aromatic rings. The van der Waals surface area contributed by atoms with Gasteiger partial charge in [0.25, 0.3) is 5.78 Å². The smallest absolute Gasteiger partial charge is 0.258 e. The first-order valence-corrected chi connectivity index (χ1v) is 7.50. The Hall–Kier alpha value is -1.74. The summed E-state index contributed by atoms with van der Waals surface area (Å²) in [6.45, 7) is 0. The highest BCUT2D eigenvalue weighted by atomic mass is 79.9. The van der Waals surface area contributed by atoms with Crippen molar-refractivity contribution in [3.63, 3.8) is 0 Å². The molecule has 1 aromatic carbocycles. The van der Waals surface area contributed by atoms with Crippen molar-refractivity contribution in [2.45, 2.75) is 5.16 Å². The number of hydrogen-bond donors (Lipinski definition) is 1. The molecule has 0 spiro atoms. The second kappa shape index (κ2) is 4.98. The number of thioether (sulfide) groups is 1. The zero-order valence-electron chi connectivity index (χ0n) is 10.2. The topological polar surface area (TPSA) is 82.0 Å². The molecule has 0 radical (unpaired) electrons. The predicted molar refractivity (Wildman–Crippen MR) is 77.9 cm³/mol. The first kappa shape index (κ1) is 13.3. The quantitative estimate of drug-likeness (QED) is 0.711. The maximum absolute atomic E-state index is 13.9. The standard InChI is InChI=1S/C11H8BrFN6S/c1-20-11-16-9(14)19-10(17-11)15-8(18-19)6-3-2-5(12)4-7(6)13/h2-4H,1H3,(H2,14,15,16,17,18). The number of aromatic nitrogens is 5. The SMILES string of the molecule is CSc1nc(N)n2nc(-c3ccc(Br)cc3F)nc2n1. The number of benzene rings is 1. The number of anilines is 1. The molecular formula is C11H8BrFN6S. The molecule has 0 bridgehead atoms. The summed E-state index contributed by atoms with van der Waals surface area (Å²) in [4.78, 5) is 12.4. The molecule has 3 rings (SSSR count). The second-order valence-corrected chi connectivity index (χ2v) is 5.53. The maximum atomic E-state index is 13.9. The number of nitrogen functional groups attached to an aromatic ring is 1. The number of fused-ring (bicyclic) bond motifs is 1. The highest BCUT2D eigenvalue weighted by molar-refractivity contribution is 9.10. The van der Waals surface area contributed by atoms with E-state index < -0.39 is 5.82 Å². The van der Waals surface area contributed by atoms with Crippen molar-refractivity contribution in [2.75, 3.05) is 12.0 Å². The molecule has 102 valence electrons. The number of nitrogens with zero attached hydrogens (tertiary/aromatic N) is 5. The Morgan fingerprint density at radius 3 is 2.80 bits per heavy atom. The Morgan fingerprint density at radius 1 is 1.30 bits per heavy atom. The Bertz CT molecular complexity index is 805. The summed E-state index contributed by atoms with van der Waals surface area (Å²) in [6, 6.07) is 4.66. The average molecular weight is 355 g/mol. The molecule has 2 heterocycles. The lowest BCUT2D eigenvalue weighted by Gasteiger charge is -1.98. The van der Waals surface area contributed by atoms with E-state index >= 15 is 0 Å². The molecule has 20 heavy (non-hydrogen) atoms. The van der Waals surface area contributed by atoms with Crippen LogP contribution in [0.25, 0.3) is 17.2 Å². The van der Waals surface area contributed by atoms with E-state index in [4.69, 9.17) is 5.73 Å². The highest BCUT2D eigenvalue weighted by Crippen LogP contribution is 2.24. The Kier molecular flexibility index (Phi) is 3.30. The summed E-state index contributed by atoms with van der Waals surface area (Å²) >= 11 is 4.55. The third-order valence-corrected chi connectivity index (χ3v) is 3.61. The molecule has 0 atom stereocenters. The molecular weight excluding hydrogens is 347 g/mol. The molecule has 0 aliphatic heterocycles. The van der Waals surface area contributed by atoms with Crippen LogP contribution in [0, 0.1) is 5.82 Å². The van der Waals surface area contributed by atoms with Crippen LogP contribution in [0.15, 0.2) is 27.8 Å². The van der Waals surface area contributed by atoms with Crippen LogP contribution < -0.4 is 5.73 Å². The zero-order chi connectivity index (χ0) is 14.3. The fourth-order valence-electron chi connectivity index (χ4n) is 1.66. The summed E-state index contributed by atoms with van der Waals surface area (Å²) in [5.41, 5.74) is 6.06. The lowest BCUT2D eigenvalue weighted by atomic mass is 10.2. The molecule has 0 unspecified atom stereocenters. The molecule has 0 aliphatic carbocycles. The van der Waals surface area contributed by atoms with Crippen LogP contribution >= 0.6 is 27.7 Å². The molecule has 0 saturated heterocycles. The third-order valence-electron chi connectivity index (χ3n) is 2.57. The van der Waals surface area contributed by atoms with Gasteiger partial charge in [-0.3, -0.25) is 0 Å². The van der Waals surface area contributed by atoms with E-state index in [-0.39, 0.29) is 17.3 Å². The molecule has 0 saturated carbocycles. The summed E-state index contributed by atoms with van der Waals surface area (Å²) in [6.07, 6.45) is 1.83. The van der Waals surface area contributed by atoms with Gasteiger partial charge in [0.15, 0.2) is 11.0 Å². The van der Waals surface area contributed by atoms with Crippen LogP contribution in [0.4, 0.5) is 10.3 Å². The fourth-order valence-corrected chi connectivity index (χ4v) is 2.35. The largest absolute Gasteiger partial charge is 0.368 e. The summed E-state index contributed by atoms with van der Waals surface area (Å²) in [5.74, 6) is 0.246. The monoisotopic (exact) mass is 354 g/mol. The van der Waals surface area contributed by atoms with Crippen molar-refractivity contribution in [2.24, 2.45) is 0 Å². The van der Waals surface area contributed by atoms with Gasteiger partial charge < -0.3 is 5.73 Å². The van der Waals surface area contributed by atoms with Gasteiger partial charge in [-0.2, -0.15) is 19.5 Å². The Balaban J connectivity index is 2.20. The first-order chi connectivity index (χ1) is 9.58. The van der Waals surface area contributed by atoms with Gasteiger partial charge in [0, 0.05) is 4.47 Å². The van der Waals surface area contributed by atoms with Crippen molar-refractivity contribution in [1.29, 1.82) is 0 Å². The van der Waals surface area contributed by atoms with Crippen molar-refractivity contribution in [3.8, 4) is 11.4 Å². The van der Waals surface area contributed by atoms with E-state index in [9.17, 15) is 4.39 Å². The van der Waals surface area contributed by atoms with Gasteiger partial charge in [-0.25, -0.2) is 4.39 Å². The highest BCUT2D eigenvalue weighted by Gasteiger charge is 2.14. The molecule has 0 amide bonds. The van der Waals surface area contributed by atoms with E-state index in [1.165, 1.54) is 22.3 Å². The van der Waals surface area contributed by atoms with Crippen LogP contribution in [0.2, 0.25) is 0 Å². The lowest BCUT2D eigenvalue weighted by Crippen LogP contribution is -2.04. The zero-order valence-corrected chi connectivity index (χ0v) is 12.6. The van der Waals surface area contributed by atoms with Crippen LogP contribution in [0.1, 0.15) is 0 Å². The molecule has 2 N–H and O–H groups in total. The first-order valence-electron chi connectivity index (χ1n) is 5.48. The number of rotatable bonds is 2. The number of hydrogen-bond acceptors (Lipinski definition) is 6. The Labute approximate surface area is 125 Å². The van der Waals surface area contributed by atoms with E-state index in [1.54, 1.807) is 12.1 Å². The van der Waals surface area contributed by atoms with Crippen molar-refractivity contribution < 1.29 is 4.39 Å². The average Bonchev–Trinajstić information content (AvgIpc) is 2.82. The van der Waals surface area contributed by atoms with Crippen molar-refractivity contribution in [1.82, 2.24) is 24.6 Å². The van der Waals surface area contributed by atoms with Crippen molar-refractivity contribution in [3.05, 3.63) is 28.5 Å². The Morgan fingerprint density at radius 2 is 2.10 bits per heavy atom. The van der Waals surface area contributed by atoms with Gasteiger partial charge in [0.05, 0.1) is 5.56 Å². The van der Waals surface area contributed by atoms with E-state index in [2.05, 4.69) is 36.0 Å². The number of halogens is 2. The summed E-state index contributed by atoms with van der Waals surface area (Å²) < 4.78 is 15.9. The lowest BCUT2D eigenvalue weighted by molar-refractivity contribution is 0.629. The van der Waals surface area contributed by atoms with E-state index in [0.29, 0.717) is 15.4 Å². The molecule has 0 aliphatic rings. The van der Waals surface area contributed by atoms with Gasteiger partial charge in [-0.05, 0) is 24.5 Å². The molecule has 6 nitrogen and oxygen atoms in total. The second-order valence-electron chi connectivity index (χ2n) is 3.84. The van der Waals surface area contributed by atoms with Gasteiger partial charge in [0.2, 0.25) is 5.95 Å². The third kappa shape index (κ3) is 2.22. The minimum Gasteiger partial charge on any atom is -0.368 e. The van der Waals surface area contributed by atoms with Crippen LogP contribution in [-0.2, 0) is 0 Å². The fraction of sp³-hybridized carbons (Fsp3) is 0.0909. The normalized spacial score (nSPS) is 11.2. The minimum atomic E-state index is -0.424. The molecule has 9 heteroatoms. The van der Waals surface area contributed by atoms with Crippen LogP contribution in [0.3, 0.4) is 0 Å². The van der Waals surface area contributed by atoms with Crippen LogP contribution in [0.5, 0.6) is 0 Å². The summed E-state index contributed by atoms with van der Waals surface area (Å²) in [5, 5.41) is 4.63. The van der Waals surface area contributed by atoms with Gasteiger partial charge in [0.1, 0.15) is 5.82 Å². The molecule has 0 fully saturated rings. The van der Waals surface area contributed by atoms with Crippen LogP contribution in [-0.4, -0.2) is 30.8 Å².